The lowest BCUT2D eigenvalue weighted by atomic mass is 9.85. The van der Waals surface area contributed by atoms with E-state index in [9.17, 15) is 27.5 Å². The fraction of sp³-hybridized carbons (Fsp3) is 0.400. The maximum Gasteiger partial charge on any atom is 0.422 e. The summed E-state index contributed by atoms with van der Waals surface area (Å²) in [5, 5.41) is 13.2. The third-order valence-corrected chi connectivity index (χ3v) is 6.77. The summed E-state index contributed by atoms with van der Waals surface area (Å²) < 4.78 is 60.9. The van der Waals surface area contributed by atoms with Crippen LogP contribution in [0.2, 0.25) is 0 Å². The minimum absolute atomic E-state index is 0.0311. The SMILES string of the molecule is O=C(O)C1CCC(N2Cc3ccc(-c4noc(-c5ccc(OCC(F)(F)F)c(F)c5)n4)cc3C2)CC1. The van der Waals surface area contributed by atoms with Gasteiger partial charge in [0.15, 0.2) is 18.2 Å². The molecule has 0 unspecified atom stereocenters. The van der Waals surface area contributed by atoms with Gasteiger partial charge in [0, 0.05) is 30.3 Å². The van der Waals surface area contributed by atoms with Crippen molar-refractivity contribution in [1.82, 2.24) is 15.0 Å². The minimum Gasteiger partial charge on any atom is -0.481 e. The van der Waals surface area contributed by atoms with Gasteiger partial charge in [-0.3, -0.25) is 9.69 Å². The summed E-state index contributed by atoms with van der Waals surface area (Å²) in [6.07, 6.45) is -1.45. The number of carboxylic acid groups (broad SMARTS) is 1. The number of nitrogens with zero attached hydrogens (tertiary/aromatic N) is 3. The highest BCUT2D eigenvalue weighted by Gasteiger charge is 2.32. The number of hydrogen-bond donors (Lipinski definition) is 1. The van der Waals surface area contributed by atoms with Gasteiger partial charge in [-0.05, 0) is 61.1 Å². The van der Waals surface area contributed by atoms with E-state index in [4.69, 9.17) is 4.52 Å². The van der Waals surface area contributed by atoms with Crippen molar-refractivity contribution < 1.29 is 36.7 Å². The quantitative estimate of drug-likeness (QED) is 0.446. The van der Waals surface area contributed by atoms with Crippen LogP contribution in [0, 0.1) is 11.7 Å². The maximum absolute atomic E-state index is 14.2. The van der Waals surface area contributed by atoms with Gasteiger partial charge in [-0.15, -0.1) is 0 Å². The number of carboxylic acids is 1. The van der Waals surface area contributed by atoms with E-state index in [1.54, 1.807) is 0 Å². The zero-order chi connectivity index (χ0) is 25.4. The topological polar surface area (TPSA) is 88.7 Å². The highest BCUT2D eigenvalue weighted by molar-refractivity contribution is 5.70. The minimum atomic E-state index is -4.57. The Morgan fingerprint density at radius 2 is 1.78 bits per heavy atom. The van der Waals surface area contributed by atoms with Gasteiger partial charge in [0.25, 0.3) is 5.89 Å². The van der Waals surface area contributed by atoms with Crippen LogP contribution in [0.1, 0.15) is 36.8 Å². The molecule has 3 aromatic rings. The predicted molar refractivity (Wildman–Crippen MR) is 119 cm³/mol. The molecule has 1 aromatic heterocycles. The summed E-state index contributed by atoms with van der Waals surface area (Å²) in [6, 6.07) is 9.67. The molecule has 0 radical (unpaired) electrons. The second-order valence-corrected chi connectivity index (χ2v) is 9.20. The number of carbonyl (C=O) groups is 1. The van der Waals surface area contributed by atoms with Crippen molar-refractivity contribution in [2.24, 2.45) is 5.92 Å². The largest absolute Gasteiger partial charge is 0.481 e. The van der Waals surface area contributed by atoms with Gasteiger partial charge in [-0.2, -0.15) is 18.2 Å². The van der Waals surface area contributed by atoms with E-state index in [1.165, 1.54) is 11.6 Å². The first-order valence-corrected chi connectivity index (χ1v) is 11.6. The number of aliphatic carboxylic acids is 1. The molecular formula is C25H23F4N3O4. The Balaban J connectivity index is 1.26. The lowest BCUT2D eigenvalue weighted by Crippen LogP contribution is -2.35. The van der Waals surface area contributed by atoms with Gasteiger partial charge in [-0.25, -0.2) is 4.39 Å². The van der Waals surface area contributed by atoms with Crippen molar-refractivity contribution in [2.45, 2.75) is 51.0 Å². The third-order valence-electron chi connectivity index (χ3n) is 6.77. The normalized spacial score (nSPS) is 20.3. The summed E-state index contributed by atoms with van der Waals surface area (Å²) >= 11 is 0. The number of hydrogen-bond acceptors (Lipinski definition) is 6. The van der Waals surface area contributed by atoms with Gasteiger partial charge >= 0.3 is 12.1 Å². The van der Waals surface area contributed by atoms with Crippen molar-refractivity contribution in [3.8, 4) is 28.6 Å². The van der Waals surface area contributed by atoms with Gasteiger partial charge < -0.3 is 14.4 Å². The molecule has 2 heterocycles. The Labute approximate surface area is 203 Å². The molecule has 190 valence electrons. The van der Waals surface area contributed by atoms with Gasteiger partial charge in [0.1, 0.15) is 0 Å². The summed E-state index contributed by atoms with van der Waals surface area (Å²) in [5.74, 6) is -2.10. The highest BCUT2D eigenvalue weighted by atomic mass is 19.4. The van der Waals surface area contributed by atoms with E-state index in [-0.39, 0.29) is 17.4 Å². The lowest BCUT2D eigenvalue weighted by Gasteiger charge is -2.33. The maximum atomic E-state index is 14.2. The lowest BCUT2D eigenvalue weighted by molar-refractivity contribution is -0.153. The van der Waals surface area contributed by atoms with E-state index in [0.717, 1.165) is 49.2 Å². The zero-order valence-corrected chi connectivity index (χ0v) is 19.1. The van der Waals surface area contributed by atoms with Crippen LogP contribution in [0.15, 0.2) is 40.9 Å². The van der Waals surface area contributed by atoms with Crippen molar-refractivity contribution in [1.29, 1.82) is 0 Å². The summed E-state index contributed by atoms with van der Waals surface area (Å²) in [7, 11) is 0. The van der Waals surface area contributed by atoms with Crippen LogP contribution in [-0.4, -0.2) is 44.9 Å². The molecule has 0 atom stereocenters. The molecule has 0 amide bonds. The first kappa shape index (κ1) is 24.2. The van der Waals surface area contributed by atoms with Crippen LogP contribution in [0.4, 0.5) is 17.6 Å². The Morgan fingerprint density at radius 3 is 2.47 bits per heavy atom. The molecule has 0 saturated heterocycles. The monoisotopic (exact) mass is 505 g/mol. The number of alkyl halides is 3. The average Bonchev–Trinajstić information content (AvgIpc) is 3.50. The number of aromatic nitrogens is 2. The molecule has 5 rings (SSSR count). The van der Waals surface area contributed by atoms with E-state index in [0.29, 0.717) is 24.7 Å². The Hall–Kier alpha value is -3.47. The van der Waals surface area contributed by atoms with Gasteiger partial charge in [0.05, 0.1) is 5.92 Å². The van der Waals surface area contributed by atoms with Crippen LogP contribution in [0.5, 0.6) is 5.75 Å². The van der Waals surface area contributed by atoms with Crippen LogP contribution in [0.3, 0.4) is 0 Å². The molecule has 1 saturated carbocycles. The summed E-state index contributed by atoms with van der Waals surface area (Å²) in [5.41, 5.74) is 3.27. The fourth-order valence-electron chi connectivity index (χ4n) is 4.87. The third kappa shape index (κ3) is 5.20. The molecule has 1 aliphatic carbocycles. The molecule has 1 aliphatic heterocycles. The van der Waals surface area contributed by atoms with Crippen molar-refractivity contribution in [2.75, 3.05) is 6.61 Å². The number of rotatable bonds is 6. The zero-order valence-electron chi connectivity index (χ0n) is 19.1. The van der Waals surface area contributed by atoms with Crippen molar-refractivity contribution in [3.63, 3.8) is 0 Å². The standard InChI is InChI=1S/C25H23F4N3O4/c26-20-10-16(5-8-21(20)35-13-25(27,28)29)23-30-22(31-36-23)15-1-2-17-11-32(12-18(17)9-15)19-6-3-14(4-7-19)24(33)34/h1-2,5,8-10,14,19H,3-4,6-7,11-13H2,(H,33,34). The molecule has 11 heteroatoms. The van der Waals surface area contributed by atoms with E-state index >= 15 is 0 Å². The van der Waals surface area contributed by atoms with E-state index in [2.05, 4.69) is 19.8 Å². The number of benzene rings is 2. The molecule has 1 N–H and O–H groups in total. The summed E-state index contributed by atoms with van der Waals surface area (Å²) in [6.45, 7) is -0.0359. The Kier molecular flexibility index (Phi) is 6.42. The van der Waals surface area contributed by atoms with Crippen molar-refractivity contribution in [3.05, 3.63) is 53.3 Å². The molecule has 36 heavy (non-hydrogen) atoms. The highest BCUT2D eigenvalue weighted by Crippen LogP contribution is 2.35. The molecule has 2 aliphatic rings. The molecular weight excluding hydrogens is 482 g/mol. The van der Waals surface area contributed by atoms with Gasteiger partial charge in [0.2, 0.25) is 5.82 Å². The first-order chi connectivity index (χ1) is 17.2. The fourth-order valence-corrected chi connectivity index (χ4v) is 4.87. The van der Waals surface area contributed by atoms with Gasteiger partial charge in [-0.1, -0.05) is 17.3 Å². The molecule has 0 bridgehead atoms. The van der Waals surface area contributed by atoms with Crippen LogP contribution < -0.4 is 4.74 Å². The first-order valence-electron chi connectivity index (χ1n) is 11.6. The van der Waals surface area contributed by atoms with Crippen LogP contribution >= 0.6 is 0 Å². The molecule has 7 nitrogen and oxygen atoms in total. The molecule has 2 aromatic carbocycles. The van der Waals surface area contributed by atoms with Crippen LogP contribution in [-0.2, 0) is 17.9 Å². The number of halogens is 4. The smallest absolute Gasteiger partial charge is 0.422 e. The van der Waals surface area contributed by atoms with Crippen LogP contribution in [0.25, 0.3) is 22.8 Å². The average molecular weight is 505 g/mol. The number of fused-ring (bicyclic) bond motifs is 1. The molecule has 0 spiro atoms. The number of ether oxygens (including phenoxy) is 1. The Morgan fingerprint density at radius 1 is 1.06 bits per heavy atom. The summed E-state index contributed by atoms with van der Waals surface area (Å²) in [4.78, 5) is 17.9. The second-order valence-electron chi connectivity index (χ2n) is 9.20. The second kappa shape index (κ2) is 9.53. The Bertz CT molecular complexity index is 1270. The van der Waals surface area contributed by atoms with E-state index in [1.807, 2.05) is 18.2 Å². The van der Waals surface area contributed by atoms with Crippen molar-refractivity contribution >= 4 is 5.97 Å². The molecule has 1 fully saturated rings. The predicted octanol–water partition coefficient (Wildman–Crippen LogP) is 5.44. The van der Waals surface area contributed by atoms with E-state index < -0.39 is 30.3 Å².